The molecule has 1 aromatic carbocycles. The van der Waals surface area contributed by atoms with E-state index in [1.54, 1.807) is 24.5 Å². The molecule has 3 aromatic rings. The van der Waals surface area contributed by atoms with Crippen LogP contribution in [0.15, 0.2) is 53.9 Å². The number of halogens is 3. The number of hydrogen-bond acceptors (Lipinski definition) is 6. The Morgan fingerprint density at radius 2 is 1.97 bits per heavy atom. The lowest BCUT2D eigenvalue weighted by Gasteiger charge is -2.32. The molecule has 7 nitrogen and oxygen atoms in total. The molecule has 0 spiro atoms. The van der Waals surface area contributed by atoms with Crippen LogP contribution >= 0.6 is 0 Å². The number of aromatic nitrogens is 2. The molecule has 37 heavy (non-hydrogen) atoms. The molecule has 0 radical (unpaired) electrons. The Hall–Kier alpha value is -3.24. The smallest absolute Gasteiger partial charge is 0.389 e. The predicted molar refractivity (Wildman–Crippen MR) is 137 cm³/mol. The van der Waals surface area contributed by atoms with E-state index in [0.29, 0.717) is 12.2 Å². The molecule has 0 amide bonds. The van der Waals surface area contributed by atoms with Crippen LogP contribution < -0.4 is 0 Å². The maximum absolute atomic E-state index is 12.4. The number of likely N-dealkylation sites (N-methyl/N-ethyl adjacent to an activating group) is 1. The number of benzene rings is 1. The first-order valence-electron chi connectivity index (χ1n) is 12.5. The highest BCUT2D eigenvalue weighted by Gasteiger charge is 2.27. The first-order chi connectivity index (χ1) is 17.8. The normalized spacial score (nSPS) is 15.6. The van der Waals surface area contributed by atoms with Gasteiger partial charge in [0.15, 0.2) is 0 Å². The summed E-state index contributed by atoms with van der Waals surface area (Å²) in [5.41, 5.74) is 3.91. The maximum atomic E-state index is 12.4. The SMILES string of the molecule is CN1CCN(CCCO/N=C\c2ccn3c(-c4cccc(CC(=O)CCC(F)(F)F)c4)cnc3c2)CC1. The molecule has 0 atom stereocenters. The van der Waals surface area contributed by atoms with Crippen molar-refractivity contribution in [3.63, 3.8) is 0 Å². The van der Waals surface area contributed by atoms with Gasteiger partial charge in [0, 0.05) is 62.9 Å². The third-order valence-corrected chi connectivity index (χ3v) is 6.43. The molecular formula is C27H32F3N5O2. The lowest BCUT2D eigenvalue weighted by atomic mass is 10.0. The summed E-state index contributed by atoms with van der Waals surface area (Å²) < 4.78 is 39.1. The van der Waals surface area contributed by atoms with Crippen LogP contribution in [0.3, 0.4) is 0 Å². The number of ketones is 1. The minimum Gasteiger partial charge on any atom is -0.396 e. The maximum Gasteiger partial charge on any atom is 0.389 e. The number of piperazine rings is 1. The average Bonchev–Trinajstić information content (AvgIpc) is 3.29. The van der Waals surface area contributed by atoms with Gasteiger partial charge in [-0.3, -0.25) is 9.20 Å². The summed E-state index contributed by atoms with van der Waals surface area (Å²) in [7, 11) is 2.15. The van der Waals surface area contributed by atoms with Crippen LogP contribution in [0, 0.1) is 0 Å². The Bertz CT molecular complexity index is 1220. The van der Waals surface area contributed by atoms with E-state index in [-0.39, 0.29) is 6.42 Å². The highest BCUT2D eigenvalue weighted by Crippen LogP contribution is 2.24. The zero-order valence-corrected chi connectivity index (χ0v) is 21.0. The van der Waals surface area contributed by atoms with Crippen molar-refractivity contribution in [1.82, 2.24) is 19.2 Å². The first kappa shape index (κ1) is 26.8. The molecule has 0 N–H and O–H groups in total. The van der Waals surface area contributed by atoms with Crippen LogP contribution in [0.5, 0.6) is 0 Å². The third-order valence-electron chi connectivity index (χ3n) is 6.43. The standard InChI is InChI=1S/C27H32F3N5O2/c1-33-11-13-34(14-12-33)9-3-15-37-32-19-22-7-10-35-25(20-31-26(35)18-22)23-5-2-4-21(16-23)17-24(36)6-8-27(28,29)30/h2,4-5,7,10,16,18-20H,3,6,8-9,11-15,17H2,1H3/b32-19-. The molecule has 3 heterocycles. The summed E-state index contributed by atoms with van der Waals surface area (Å²) in [4.78, 5) is 26.7. The number of nitrogens with zero attached hydrogens (tertiary/aromatic N) is 5. The average molecular weight is 516 g/mol. The molecule has 1 fully saturated rings. The van der Waals surface area contributed by atoms with Gasteiger partial charge in [-0.15, -0.1) is 0 Å². The molecule has 10 heteroatoms. The summed E-state index contributed by atoms with van der Waals surface area (Å²) in [6, 6.07) is 11.0. The molecule has 1 saturated heterocycles. The highest BCUT2D eigenvalue weighted by atomic mass is 19.4. The van der Waals surface area contributed by atoms with Crippen LogP contribution in [0.4, 0.5) is 13.2 Å². The number of oxime groups is 1. The fraction of sp³-hybridized carbons (Fsp3) is 0.444. The zero-order chi connectivity index (χ0) is 26.3. The van der Waals surface area contributed by atoms with Gasteiger partial charge < -0.3 is 14.6 Å². The van der Waals surface area contributed by atoms with Gasteiger partial charge in [-0.25, -0.2) is 4.98 Å². The van der Waals surface area contributed by atoms with Crippen molar-refractivity contribution in [2.75, 3.05) is 46.4 Å². The summed E-state index contributed by atoms with van der Waals surface area (Å²) >= 11 is 0. The Labute approximate surface area is 214 Å². The fourth-order valence-electron chi connectivity index (χ4n) is 4.30. The molecule has 198 valence electrons. The van der Waals surface area contributed by atoms with E-state index in [2.05, 4.69) is 27.0 Å². The molecule has 1 aliphatic heterocycles. The second-order valence-corrected chi connectivity index (χ2v) is 9.43. The predicted octanol–water partition coefficient (Wildman–Crippen LogP) is 4.44. The van der Waals surface area contributed by atoms with E-state index in [0.717, 1.165) is 61.6 Å². The highest BCUT2D eigenvalue weighted by molar-refractivity contribution is 5.82. The number of fused-ring (bicyclic) bond motifs is 1. The van der Waals surface area contributed by atoms with Gasteiger partial charge >= 0.3 is 6.18 Å². The van der Waals surface area contributed by atoms with Gasteiger partial charge in [0.05, 0.1) is 24.5 Å². The van der Waals surface area contributed by atoms with Gasteiger partial charge in [-0.05, 0) is 37.2 Å². The quantitative estimate of drug-likeness (QED) is 0.215. The molecule has 0 unspecified atom stereocenters. The second kappa shape index (κ2) is 12.3. The van der Waals surface area contributed by atoms with Crippen molar-refractivity contribution in [1.29, 1.82) is 0 Å². The van der Waals surface area contributed by atoms with Crippen LogP contribution in [0.25, 0.3) is 16.9 Å². The fourth-order valence-corrected chi connectivity index (χ4v) is 4.30. The van der Waals surface area contributed by atoms with Crippen molar-refractivity contribution in [3.8, 4) is 11.3 Å². The molecule has 2 aromatic heterocycles. The van der Waals surface area contributed by atoms with E-state index >= 15 is 0 Å². The summed E-state index contributed by atoms with van der Waals surface area (Å²) in [5, 5.41) is 4.09. The van der Waals surface area contributed by atoms with E-state index in [9.17, 15) is 18.0 Å². The van der Waals surface area contributed by atoms with Crippen molar-refractivity contribution >= 4 is 17.6 Å². The van der Waals surface area contributed by atoms with Crippen molar-refractivity contribution in [3.05, 3.63) is 59.9 Å². The molecule has 0 saturated carbocycles. The number of Topliss-reactive ketones (excluding diaryl/α,β-unsaturated/α-hetero) is 1. The summed E-state index contributed by atoms with van der Waals surface area (Å²) in [6.45, 7) is 5.97. The largest absolute Gasteiger partial charge is 0.396 e. The summed E-state index contributed by atoms with van der Waals surface area (Å²) in [5.74, 6) is -0.432. The molecule has 1 aliphatic rings. The van der Waals surface area contributed by atoms with Crippen molar-refractivity contribution in [2.24, 2.45) is 5.16 Å². The second-order valence-electron chi connectivity index (χ2n) is 9.43. The number of imidazole rings is 1. The molecule has 0 bridgehead atoms. The molecule has 4 rings (SSSR count). The Morgan fingerprint density at radius 3 is 2.76 bits per heavy atom. The van der Waals surface area contributed by atoms with E-state index in [1.165, 1.54) is 0 Å². The number of hydrogen-bond donors (Lipinski definition) is 0. The number of rotatable bonds is 11. The van der Waals surface area contributed by atoms with Crippen molar-refractivity contribution < 1.29 is 22.8 Å². The molecular weight excluding hydrogens is 483 g/mol. The van der Waals surface area contributed by atoms with Crippen LogP contribution in [-0.4, -0.2) is 83.7 Å². The van der Waals surface area contributed by atoms with Crippen LogP contribution in [-0.2, 0) is 16.1 Å². The monoisotopic (exact) mass is 515 g/mol. The van der Waals surface area contributed by atoms with Gasteiger partial charge in [0.25, 0.3) is 0 Å². The Balaban J connectivity index is 1.31. The zero-order valence-electron chi connectivity index (χ0n) is 21.0. The summed E-state index contributed by atoms with van der Waals surface area (Å²) in [6.07, 6.45) is 0.252. The van der Waals surface area contributed by atoms with Gasteiger partial charge in [-0.2, -0.15) is 13.2 Å². The Morgan fingerprint density at radius 1 is 1.16 bits per heavy atom. The first-order valence-corrected chi connectivity index (χ1v) is 12.5. The number of alkyl halides is 3. The van der Waals surface area contributed by atoms with Crippen LogP contribution in [0.2, 0.25) is 0 Å². The lowest BCUT2D eigenvalue weighted by Crippen LogP contribution is -2.44. The minimum atomic E-state index is -4.33. The van der Waals surface area contributed by atoms with E-state index in [1.807, 2.05) is 34.9 Å². The third kappa shape index (κ3) is 8.13. The van der Waals surface area contributed by atoms with E-state index in [4.69, 9.17) is 4.84 Å². The number of carbonyl (C=O) groups is 1. The lowest BCUT2D eigenvalue weighted by molar-refractivity contribution is -0.143. The Kier molecular flexibility index (Phi) is 8.94. The number of pyridine rings is 1. The molecule has 0 aliphatic carbocycles. The van der Waals surface area contributed by atoms with Crippen LogP contribution in [0.1, 0.15) is 30.4 Å². The van der Waals surface area contributed by atoms with Gasteiger partial charge in [-0.1, -0.05) is 23.4 Å². The number of carbonyl (C=O) groups excluding carboxylic acids is 1. The van der Waals surface area contributed by atoms with E-state index < -0.39 is 24.8 Å². The minimum absolute atomic E-state index is 0.0311. The van der Waals surface area contributed by atoms with Crippen molar-refractivity contribution in [2.45, 2.75) is 31.9 Å². The van der Waals surface area contributed by atoms with Gasteiger partial charge in [0.1, 0.15) is 18.0 Å². The van der Waals surface area contributed by atoms with Gasteiger partial charge in [0.2, 0.25) is 0 Å². The topological polar surface area (TPSA) is 62.4 Å².